The quantitative estimate of drug-likeness (QED) is 0.392. The fraction of sp³-hybridized carbons (Fsp3) is 0.0833. The maximum Gasteiger partial charge on any atom is 0.261 e. The van der Waals surface area contributed by atoms with E-state index in [1.165, 1.54) is 32.7 Å². The minimum Gasteiger partial charge on any atom is -0.493 e. The number of benzene rings is 2. The summed E-state index contributed by atoms with van der Waals surface area (Å²) in [5, 5.41) is 5.65. The van der Waals surface area contributed by atoms with Crippen molar-refractivity contribution >= 4 is 21.0 Å². The van der Waals surface area contributed by atoms with Gasteiger partial charge in [0.15, 0.2) is 17.3 Å². The Balaban J connectivity index is 2.02. The summed E-state index contributed by atoms with van der Waals surface area (Å²) in [7, 11) is -1.45. The summed E-state index contributed by atoms with van der Waals surface area (Å²) in [5.41, 5.74) is 0.450. The third-order valence-corrected chi connectivity index (χ3v) is 5.64. The van der Waals surface area contributed by atoms with Crippen LogP contribution < -0.4 is 19.3 Å². The highest BCUT2D eigenvalue weighted by atomic mass is 32.2. The standard InChI is InChI=1S/C24H21N5O5S/c1-32-17-11-6-7-12-18(17)34-21-20(19(35(25,30)31)15-16-9-4-3-5-10-16)28-23(29-24(21)33-2)22-26-13-8-14-27-22/h3-15H,1-2H3,(H2,25,30,31)/b19-15+. The van der Waals surface area contributed by atoms with Crippen molar-refractivity contribution in [3.63, 3.8) is 0 Å². The summed E-state index contributed by atoms with van der Waals surface area (Å²) in [5.74, 6) is 0.742. The Labute approximate surface area is 202 Å². The van der Waals surface area contributed by atoms with E-state index in [9.17, 15) is 8.42 Å². The van der Waals surface area contributed by atoms with Crippen LogP contribution in [0.15, 0.2) is 73.1 Å². The van der Waals surface area contributed by atoms with Crippen LogP contribution in [0.25, 0.3) is 22.6 Å². The minimum absolute atomic E-state index is 0.0208. The molecular formula is C24H21N5O5S. The van der Waals surface area contributed by atoms with Gasteiger partial charge in [0.25, 0.3) is 5.88 Å². The van der Waals surface area contributed by atoms with Gasteiger partial charge in [0.1, 0.15) is 10.6 Å². The second-order valence-electron chi connectivity index (χ2n) is 7.02. The molecule has 10 nitrogen and oxygen atoms in total. The molecule has 0 radical (unpaired) electrons. The van der Waals surface area contributed by atoms with Crippen molar-refractivity contribution in [3.8, 4) is 34.8 Å². The maximum atomic E-state index is 12.8. The molecule has 2 aromatic heterocycles. The molecule has 2 heterocycles. The Morgan fingerprint density at radius 1 is 0.829 bits per heavy atom. The van der Waals surface area contributed by atoms with E-state index in [1.54, 1.807) is 54.6 Å². The highest BCUT2D eigenvalue weighted by Gasteiger charge is 2.28. The van der Waals surface area contributed by atoms with Gasteiger partial charge in [-0.25, -0.2) is 28.5 Å². The number of hydrogen-bond donors (Lipinski definition) is 1. The molecule has 2 aromatic carbocycles. The van der Waals surface area contributed by atoms with Gasteiger partial charge < -0.3 is 14.2 Å². The first-order chi connectivity index (χ1) is 16.9. The topological polar surface area (TPSA) is 139 Å². The maximum absolute atomic E-state index is 12.8. The van der Waals surface area contributed by atoms with Gasteiger partial charge >= 0.3 is 0 Å². The minimum atomic E-state index is -4.31. The number of methoxy groups -OCH3 is 2. The second-order valence-corrected chi connectivity index (χ2v) is 8.55. The summed E-state index contributed by atoms with van der Waals surface area (Å²) >= 11 is 0. The van der Waals surface area contributed by atoms with Crippen molar-refractivity contribution in [2.75, 3.05) is 14.2 Å². The molecule has 0 unspecified atom stereocenters. The summed E-state index contributed by atoms with van der Waals surface area (Å²) in [6, 6.07) is 17.3. The zero-order valence-corrected chi connectivity index (χ0v) is 19.6. The normalized spacial score (nSPS) is 11.7. The second kappa shape index (κ2) is 10.3. The molecule has 2 N–H and O–H groups in total. The smallest absolute Gasteiger partial charge is 0.261 e. The monoisotopic (exact) mass is 491 g/mol. The SMILES string of the molecule is COc1ccccc1Oc1c(OC)nc(-c2ncccn2)nc1/C(=C\c1ccccc1)S(N)(=O)=O. The van der Waals surface area contributed by atoms with E-state index < -0.39 is 10.0 Å². The molecule has 0 saturated carbocycles. The highest BCUT2D eigenvalue weighted by molar-refractivity contribution is 7.98. The van der Waals surface area contributed by atoms with Crippen molar-refractivity contribution in [3.05, 3.63) is 84.3 Å². The van der Waals surface area contributed by atoms with Crippen LogP contribution >= 0.6 is 0 Å². The molecule has 4 aromatic rings. The first-order valence-electron chi connectivity index (χ1n) is 10.2. The van der Waals surface area contributed by atoms with E-state index in [0.717, 1.165) is 0 Å². The Bertz CT molecular complexity index is 1460. The predicted octanol–water partition coefficient (Wildman–Crippen LogP) is 3.53. The van der Waals surface area contributed by atoms with Crippen LogP contribution in [-0.2, 0) is 10.0 Å². The molecule has 0 aliphatic rings. The Morgan fingerprint density at radius 3 is 2.11 bits per heavy atom. The third kappa shape index (κ3) is 5.42. The predicted molar refractivity (Wildman–Crippen MR) is 130 cm³/mol. The lowest BCUT2D eigenvalue weighted by atomic mass is 10.2. The number of para-hydroxylation sites is 2. The van der Waals surface area contributed by atoms with E-state index in [2.05, 4.69) is 19.9 Å². The number of sulfonamides is 1. The number of aromatic nitrogens is 4. The molecule has 0 bridgehead atoms. The number of primary sulfonamides is 1. The number of ether oxygens (including phenoxy) is 3. The highest BCUT2D eigenvalue weighted by Crippen LogP contribution is 2.41. The molecule has 11 heteroatoms. The number of nitrogens with zero attached hydrogens (tertiary/aromatic N) is 4. The summed E-state index contributed by atoms with van der Waals surface area (Å²) in [6.45, 7) is 0. The first kappa shape index (κ1) is 23.8. The largest absolute Gasteiger partial charge is 0.493 e. The average molecular weight is 492 g/mol. The molecule has 0 aliphatic carbocycles. The lowest BCUT2D eigenvalue weighted by molar-refractivity contribution is 0.346. The van der Waals surface area contributed by atoms with Gasteiger partial charge in [-0.1, -0.05) is 42.5 Å². The molecule has 35 heavy (non-hydrogen) atoms. The number of rotatable bonds is 8. The van der Waals surface area contributed by atoms with Crippen molar-refractivity contribution < 1.29 is 22.6 Å². The summed E-state index contributed by atoms with van der Waals surface area (Å²) in [6.07, 6.45) is 4.41. The lowest BCUT2D eigenvalue weighted by Gasteiger charge is -2.17. The molecule has 4 rings (SSSR count). The van der Waals surface area contributed by atoms with Crippen LogP contribution in [0.2, 0.25) is 0 Å². The first-order valence-corrected chi connectivity index (χ1v) is 11.8. The molecule has 178 valence electrons. The average Bonchev–Trinajstić information content (AvgIpc) is 2.88. The van der Waals surface area contributed by atoms with Crippen LogP contribution in [0.1, 0.15) is 11.3 Å². The van der Waals surface area contributed by atoms with E-state index in [0.29, 0.717) is 11.3 Å². The third-order valence-electron chi connectivity index (χ3n) is 4.71. The molecule has 0 atom stereocenters. The van der Waals surface area contributed by atoms with E-state index >= 15 is 0 Å². The van der Waals surface area contributed by atoms with Crippen LogP contribution in [0.4, 0.5) is 0 Å². The lowest BCUT2D eigenvalue weighted by Crippen LogP contribution is -2.16. The zero-order valence-electron chi connectivity index (χ0n) is 18.8. The zero-order chi connectivity index (χ0) is 24.8. The fourth-order valence-electron chi connectivity index (χ4n) is 3.14. The van der Waals surface area contributed by atoms with Crippen molar-refractivity contribution in [1.82, 2.24) is 19.9 Å². The summed E-state index contributed by atoms with van der Waals surface area (Å²) in [4.78, 5) is 16.8. The van der Waals surface area contributed by atoms with E-state index in [-0.39, 0.29) is 39.6 Å². The number of hydrogen-bond acceptors (Lipinski definition) is 9. The Morgan fingerprint density at radius 2 is 1.49 bits per heavy atom. The van der Waals surface area contributed by atoms with Crippen molar-refractivity contribution in [2.24, 2.45) is 5.14 Å². The molecule has 0 aliphatic heterocycles. The van der Waals surface area contributed by atoms with Gasteiger partial charge in [0.2, 0.25) is 21.6 Å². The van der Waals surface area contributed by atoms with Crippen molar-refractivity contribution in [1.29, 1.82) is 0 Å². The van der Waals surface area contributed by atoms with Crippen LogP contribution in [0, 0.1) is 0 Å². The molecule has 0 saturated heterocycles. The van der Waals surface area contributed by atoms with E-state index in [4.69, 9.17) is 19.3 Å². The van der Waals surface area contributed by atoms with Gasteiger partial charge in [-0.05, 0) is 29.8 Å². The van der Waals surface area contributed by atoms with Gasteiger partial charge in [-0.3, -0.25) is 0 Å². The van der Waals surface area contributed by atoms with Crippen LogP contribution in [0.5, 0.6) is 23.1 Å². The molecule has 0 amide bonds. The van der Waals surface area contributed by atoms with Crippen molar-refractivity contribution in [2.45, 2.75) is 0 Å². The summed E-state index contributed by atoms with van der Waals surface area (Å²) < 4.78 is 42.5. The fourth-order valence-corrected chi connectivity index (χ4v) is 3.85. The van der Waals surface area contributed by atoms with Gasteiger partial charge in [-0.15, -0.1) is 0 Å². The molecular weight excluding hydrogens is 470 g/mol. The Kier molecular flexibility index (Phi) is 6.99. The molecule has 0 fully saturated rings. The van der Waals surface area contributed by atoms with E-state index in [1.807, 2.05) is 6.07 Å². The molecule has 0 spiro atoms. The Hall–Kier alpha value is -4.35. The van der Waals surface area contributed by atoms with Gasteiger partial charge in [-0.2, -0.15) is 4.98 Å². The van der Waals surface area contributed by atoms with Gasteiger partial charge in [0, 0.05) is 12.4 Å². The number of nitrogens with two attached hydrogens (primary N) is 1. The van der Waals surface area contributed by atoms with Gasteiger partial charge in [0.05, 0.1) is 14.2 Å². The van der Waals surface area contributed by atoms with Crippen LogP contribution in [0.3, 0.4) is 0 Å². The van der Waals surface area contributed by atoms with Crippen LogP contribution in [-0.4, -0.2) is 42.6 Å².